The molecule has 0 radical (unpaired) electrons. The van der Waals surface area contributed by atoms with Gasteiger partial charge in [-0.15, -0.1) is 11.3 Å². The van der Waals surface area contributed by atoms with Crippen LogP contribution in [-0.2, 0) is 16.1 Å². The zero-order chi connectivity index (χ0) is 15.7. The lowest BCUT2D eigenvalue weighted by atomic mass is 9.98. The molecule has 0 spiro atoms. The number of hydrogen-bond donors (Lipinski definition) is 0. The first-order chi connectivity index (χ1) is 10.6. The molecule has 0 bridgehead atoms. The molecule has 1 fully saturated rings. The highest BCUT2D eigenvalue weighted by Crippen LogP contribution is 2.25. The summed E-state index contributed by atoms with van der Waals surface area (Å²) >= 11 is 1.51. The van der Waals surface area contributed by atoms with Crippen LogP contribution in [-0.4, -0.2) is 21.6 Å². The highest BCUT2D eigenvalue weighted by Gasteiger charge is 2.19. The van der Waals surface area contributed by atoms with Gasteiger partial charge in [0.15, 0.2) is 0 Å². The molecule has 1 saturated carbocycles. The van der Waals surface area contributed by atoms with Crippen LogP contribution in [0, 0.1) is 13.8 Å². The lowest BCUT2D eigenvalue weighted by Gasteiger charge is -2.21. The molecular formula is C16H20N2O3S. The molecule has 0 aliphatic heterocycles. The lowest BCUT2D eigenvalue weighted by Crippen LogP contribution is -2.28. The third kappa shape index (κ3) is 2.92. The van der Waals surface area contributed by atoms with Crippen molar-refractivity contribution in [2.24, 2.45) is 0 Å². The van der Waals surface area contributed by atoms with Crippen LogP contribution in [0.15, 0.2) is 11.1 Å². The van der Waals surface area contributed by atoms with E-state index < -0.39 is 0 Å². The van der Waals surface area contributed by atoms with Crippen molar-refractivity contribution in [1.82, 2.24) is 9.55 Å². The maximum atomic E-state index is 12.5. The monoisotopic (exact) mass is 320 g/mol. The van der Waals surface area contributed by atoms with Gasteiger partial charge < -0.3 is 4.74 Å². The molecule has 5 nitrogen and oxygen atoms in total. The van der Waals surface area contributed by atoms with Gasteiger partial charge in [-0.2, -0.15) is 0 Å². The molecule has 0 N–H and O–H groups in total. The van der Waals surface area contributed by atoms with E-state index in [0.717, 1.165) is 41.0 Å². The number of rotatable bonds is 3. The van der Waals surface area contributed by atoms with Crippen LogP contribution in [0.3, 0.4) is 0 Å². The quantitative estimate of drug-likeness (QED) is 0.816. The number of nitrogens with zero attached hydrogens (tertiary/aromatic N) is 2. The van der Waals surface area contributed by atoms with Crippen molar-refractivity contribution < 1.29 is 9.53 Å². The minimum atomic E-state index is -0.347. The molecule has 2 heterocycles. The van der Waals surface area contributed by atoms with Crippen LogP contribution >= 0.6 is 11.3 Å². The Balaban J connectivity index is 1.78. The van der Waals surface area contributed by atoms with Crippen molar-refractivity contribution in [2.75, 3.05) is 0 Å². The molecule has 0 unspecified atom stereocenters. The molecule has 2 aromatic rings. The molecule has 1 aliphatic rings. The normalized spacial score (nSPS) is 16.1. The minimum Gasteiger partial charge on any atom is -0.461 e. The molecule has 0 atom stereocenters. The van der Waals surface area contributed by atoms with Crippen LogP contribution in [0.1, 0.15) is 42.5 Å². The van der Waals surface area contributed by atoms with E-state index in [1.807, 2.05) is 13.8 Å². The van der Waals surface area contributed by atoms with Crippen LogP contribution in [0.5, 0.6) is 0 Å². The molecule has 22 heavy (non-hydrogen) atoms. The number of fused-ring (bicyclic) bond motifs is 1. The van der Waals surface area contributed by atoms with Gasteiger partial charge in [0.2, 0.25) is 0 Å². The Morgan fingerprint density at radius 2 is 2.09 bits per heavy atom. The number of esters is 1. The molecule has 118 valence electrons. The fraction of sp³-hybridized carbons (Fsp3) is 0.562. The number of ether oxygens (including phenoxy) is 1. The van der Waals surface area contributed by atoms with E-state index in [1.165, 1.54) is 28.7 Å². The van der Waals surface area contributed by atoms with E-state index >= 15 is 0 Å². The van der Waals surface area contributed by atoms with E-state index in [9.17, 15) is 9.59 Å². The zero-order valence-corrected chi connectivity index (χ0v) is 13.7. The highest BCUT2D eigenvalue weighted by atomic mass is 32.1. The Labute approximate surface area is 132 Å². The van der Waals surface area contributed by atoms with Gasteiger partial charge in [-0.25, -0.2) is 4.98 Å². The summed E-state index contributed by atoms with van der Waals surface area (Å²) in [4.78, 5) is 30.7. The van der Waals surface area contributed by atoms with Crippen molar-refractivity contribution in [3.63, 3.8) is 0 Å². The van der Waals surface area contributed by atoms with Gasteiger partial charge in [0, 0.05) is 4.88 Å². The van der Waals surface area contributed by atoms with E-state index in [4.69, 9.17) is 4.74 Å². The van der Waals surface area contributed by atoms with Crippen LogP contribution in [0.4, 0.5) is 0 Å². The summed E-state index contributed by atoms with van der Waals surface area (Å²) in [5, 5.41) is 0.621. The second kappa shape index (κ2) is 6.20. The first-order valence-electron chi connectivity index (χ1n) is 7.71. The SMILES string of the molecule is Cc1sc2ncn(CC(=O)OC3CCCCC3)c(=O)c2c1C. The summed E-state index contributed by atoms with van der Waals surface area (Å²) in [7, 11) is 0. The average Bonchev–Trinajstić information content (AvgIpc) is 2.79. The molecule has 6 heteroatoms. The predicted molar refractivity (Wildman–Crippen MR) is 86.3 cm³/mol. The summed E-state index contributed by atoms with van der Waals surface area (Å²) in [5.74, 6) is -0.347. The van der Waals surface area contributed by atoms with Gasteiger partial charge in [-0.05, 0) is 45.1 Å². The molecule has 2 aromatic heterocycles. The number of carbonyl (C=O) groups excluding carboxylic acids is 1. The smallest absolute Gasteiger partial charge is 0.326 e. The minimum absolute atomic E-state index is 0.0128. The van der Waals surface area contributed by atoms with Crippen molar-refractivity contribution >= 4 is 27.5 Å². The zero-order valence-electron chi connectivity index (χ0n) is 12.9. The fourth-order valence-corrected chi connectivity index (χ4v) is 3.92. The Kier molecular flexibility index (Phi) is 4.29. The Morgan fingerprint density at radius 1 is 1.36 bits per heavy atom. The van der Waals surface area contributed by atoms with Gasteiger partial charge in [-0.1, -0.05) is 6.42 Å². The van der Waals surface area contributed by atoms with Crippen molar-refractivity contribution in [2.45, 2.75) is 58.6 Å². The number of carbonyl (C=O) groups is 1. The lowest BCUT2D eigenvalue weighted by molar-refractivity contribution is -0.151. The third-order valence-electron chi connectivity index (χ3n) is 4.31. The van der Waals surface area contributed by atoms with Gasteiger partial charge >= 0.3 is 5.97 Å². The van der Waals surface area contributed by atoms with E-state index in [0.29, 0.717) is 5.39 Å². The average molecular weight is 320 g/mol. The van der Waals surface area contributed by atoms with E-state index in [-0.39, 0.29) is 24.2 Å². The molecule has 3 rings (SSSR count). The molecule has 1 aliphatic carbocycles. The molecular weight excluding hydrogens is 300 g/mol. The van der Waals surface area contributed by atoms with Gasteiger partial charge in [-0.3, -0.25) is 14.2 Å². The second-order valence-electron chi connectivity index (χ2n) is 5.89. The van der Waals surface area contributed by atoms with Crippen LogP contribution < -0.4 is 5.56 Å². The summed E-state index contributed by atoms with van der Waals surface area (Å²) in [6.45, 7) is 3.83. The van der Waals surface area contributed by atoms with Crippen molar-refractivity contribution in [1.29, 1.82) is 0 Å². The largest absolute Gasteiger partial charge is 0.461 e. The number of aryl methyl sites for hydroxylation is 2. The third-order valence-corrected chi connectivity index (χ3v) is 5.42. The Bertz CT molecular complexity index is 757. The Morgan fingerprint density at radius 3 is 2.82 bits per heavy atom. The van der Waals surface area contributed by atoms with Crippen LogP contribution in [0.2, 0.25) is 0 Å². The maximum absolute atomic E-state index is 12.5. The maximum Gasteiger partial charge on any atom is 0.326 e. The summed E-state index contributed by atoms with van der Waals surface area (Å²) < 4.78 is 6.83. The fourth-order valence-electron chi connectivity index (χ4n) is 2.93. The molecule has 0 amide bonds. The standard InChI is InChI=1S/C16H20N2O3S/c1-10-11(2)22-15-14(10)16(20)18(9-17-15)8-13(19)21-12-6-4-3-5-7-12/h9,12H,3-8H2,1-2H3. The second-order valence-corrected chi connectivity index (χ2v) is 7.09. The van der Waals surface area contributed by atoms with Crippen molar-refractivity contribution in [3.05, 3.63) is 27.1 Å². The number of thiophene rings is 1. The number of aromatic nitrogens is 2. The van der Waals surface area contributed by atoms with Crippen LogP contribution in [0.25, 0.3) is 10.2 Å². The highest BCUT2D eigenvalue weighted by molar-refractivity contribution is 7.18. The summed E-state index contributed by atoms with van der Waals surface area (Å²) in [5.41, 5.74) is 0.792. The number of hydrogen-bond acceptors (Lipinski definition) is 5. The first-order valence-corrected chi connectivity index (χ1v) is 8.52. The van der Waals surface area contributed by atoms with E-state index in [1.54, 1.807) is 0 Å². The van der Waals surface area contributed by atoms with Gasteiger partial charge in [0.25, 0.3) is 5.56 Å². The summed E-state index contributed by atoms with van der Waals surface area (Å²) in [6, 6.07) is 0. The van der Waals surface area contributed by atoms with E-state index in [2.05, 4.69) is 4.98 Å². The molecule has 0 aromatic carbocycles. The Hall–Kier alpha value is -1.69. The van der Waals surface area contributed by atoms with Gasteiger partial charge in [0.05, 0.1) is 11.7 Å². The topological polar surface area (TPSA) is 61.2 Å². The predicted octanol–water partition coefficient (Wildman–Crippen LogP) is 2.95. The van der Waals surface area contributed by atoms with Gasteiger partial charge in [0.1, 0.15) is 17.5 Å². The summed E-state index contributed by atoms with van der Waals surface area (Å²) in [6.07, 6.45) is 6.75. The first kappa shape index (κ1) is 15.2. The van der Waals surface area contributed by atoms with Crippen molar-refractivity contribution in [3.8, 4) is 0 Å². The molecule has 0 saturated heterocycles.